The van der Waals surface area contributed by atoms with Crippen LogP contribution in [-0.4, -0.2) is 13.7 Å². The van der Waals surface area contributed by atoms with Gasteiger partial charge in [0, 0.05) is 11.6 Å². The Morgan fingerprint density at radius 3 is 2.67 bits per heavy atom. The molecule has 0 bridgehead atoms. The summed E-state index contributed by atoms with van der Waals surface area (Å²) >= 11 is 6.09. The van der Waals surface area contributed by atoms with Crippen LogP contribution in [0.1, 0.15) is 18.9 Å². The molecule has 4 heteroatoms. The van der Waals surface area contributed by atoms with Crippen LogP contribution >= 0.6 is 11.6 Å². The van der Waals surface area contributed by atoms with Gasteiger partial charge in [-0.3, -0.25) is 0 Å². The third-order valence-electron chi connectivity index (χ3n) is 3.28. The molecule has 2 nitrogen and oxygen atoms in total. The zero-order valence-corrected chi connectivity index (χ0v) is 13.0. The van der Waals surface area contributed by atoms with Crippen LogP contribution in [0.4, 0.5) is 4.39 Å². The number of benzene rings is 2. The second kappa shape index (κ2) is 7.43. The molecular formula is C17H19ClFNO. The minimum atomic E-state index is -0.373. The second-order valence-electron chi connectivity index (χ2n) is 4.83. The van der Waals surface area contributed by atoms with Crippen molar-refractivity contribution >= 4 is 11.6 Å². The number of hydrogen-bond donors (Lipinski definition) is 1. The fourth-order valence-electron chi connectivity index (χ4n) is 2.21. The molecule has 2 aromatic carbocycles. The van der Waals surface area contributed by atoms with Gasteiger partial charge in [-0.25, -0.2) is 4.39 Å². The fraction of sp³-hybridized carbons (Fsp3) is 0.294. The fourth-order valence-corrected chi connectivity index (χ4v) is 2.38. The van der Waals surface area contributed by atoms with E-state index in [1.54, 1.807) is 6.07 Å². The minimum absolute atomic E-state index is 0.242. The van der Waals surface area contributed by atoms with Crippen molar-refractivity contribution in [1.82, 2.24) is 5.32 Å². The topological polar surface area (TPSA) is 21.3 Å². The van der Waals surface area contributed by atoms with Gasteiger partial charge in [0.05, 0.1) is 7.11 Å². The van der Waals surface area contributed by atoms with Gasteiger partial charge in [-0.05, 0) is 53.9 Å². The molecule has 0 spiro atoms. The third kappa shape index (κ3) is 3.96. The van der Waals surface area contributed by atoms with Crippen LogP contribution in [0.3, 0.4) is 0 Å². The molecule has 2 rings (SSSR count). The highest BCUT2D eigenvalue weighted by Crippen LogP contribution is 2.30. The van der Waals surface area contributed by atoms with Gasteiger partial charge in [-0.2, -0.15) is 0 Å². The van der Waals surface area contributed by atoms with Gasteiger partial charge in [0.15, 0.2) is 11.6 Å². The number of nitrogens with one attached hydrogen (secondary N) is 1. The van der Waals surface area contributed by atoms with Gasteiger partial charge in [-0.15, -0.1) is 0 Å². The SMILES string of the molecule is CCCNCc1ccc(Cl)cc1-c1ccc(OC)c(F)c1. The Labute approximate surface area is 129 Å². The van der Waals surface area contributed by atoms with E-state index in [9.17, 15) is 4.39 Å². The van der Waals surface area contributed by atoms with Crippen molar-refractivity contribution in [3.63, 3.8) is 0 Å². The van der Waals surface area contributed by atoms with Crippen LogP contribution in [0.25, 0.3) is 11.1 Å². The summed E-state index contributed by atoms with van der Waals surface area (Å²) in [5, 5.41) is 4.00. The molecule has 0 aromatic heterocycles. The molecule has 2 aromatic rings. The average molecular weight is 308 g/mol. The summed E-state index contributed by atoms with van der Waals surface area (Å²) in [5.41, 5.74) is 2.83. The Morgan fingerprint density at radius 1 is 1.19 bits per heavy atom. The Balaban J connectivity index is 2.36. The van der Waals surface area contributed by atoms with E-state index in [1.165, 1.54) is 13.2 Å². The number of halogens is 2. The quantitative estimate of drug-likeness (QED) is 0.784. The lowest BCUT2D eigenvalue weighted by atomic mass is 9.99. The van der Waals surface area contributed by atoms with Crippen LogP contribution in [0.15, 0.2) is 36.4 Å². The predicted octanol–water partition coefficient (Wildman–Crippen LogP) is 4.65. The first-order valence-corrected chi connectivity index (χ1v) is 7.36. The van der Waals surface area contributed by atoms with Gasteiger partial charge >= 0.3 is 0 Å². The summed E-state index contributed by atoms with van der Waals surface area (Å²) in [6.07, 6.45) is 1.07. The predicted molar refractivity (Wildman–Crippen MR) is 85.4 cm³/mol. The minimum Gasteiger partial charge on any atom is -0.494 e. The van der Waals surface area contributed by atoms with E-state index in [0.717, 1.165) is 36.2 Å². The highest BCUT2D eigenvalue weighted by molar-refractivity contribution is 6.30. The van der Waals surface area contributed by atoms with E-state index in [0.29, 0.717) is 5.02 Å². The lowest BCUT2D eigenvalue weighted by Crippen LogP contribution is -2.14. The first-order chi connectivity index (χ1) is 10.2. The van der Waals surface area contributed by atoms with Crippen LogP contribution in [-0.2, 0) is 6.54 Å². The van der Waals surface area contributed by atoms with Crippen molar-refractivity contribution in [2.45, 2.75) is 19.9 Å². The van der Waals surface area contributed by atoms with Crippen molar-refractivity contribution in [3.05, 3.63) is 52.8 Å². The van der Waals surface area contributed by atoms with E-state index >= 15 is 0 Å². The second-order valence-corrected chi connectivity index (χ2v) is 5.26. The van der Waals surface area contributed by atoms with Crippen molar-refractivity contribution in [2.75, 3.05) is 13.7 Å². The molecule has 0 atom stereocenters. The van der Waals surface area contributed by atoms with Gasteiger partial charge in [0.25, 0.3) is 0 Å². The molecule has 0 saturated carbocycles. The Kier molecular flexibility index (Phi) is 5.59. The highest BCUT2D eigenvalue weighted by atomic mass is 35.5. The van der Waals surface area contributed by atoms with E-state index in [1.807, 2.05) is 24.3 Å². The molecule has 0 aliphatic heterocycles. The van der Waals surface area contributed by atoms with Gasteiger partial charge in [0.1, 0.15) is 0 Å². The van der Waals surface area contributed by atoms with E-state index < -0.39 is 0 Å². The Bertz CT molecular complexity index is 616. The molecular weight excluding hydrogens is 289 g/mol. The normalized spacial score (nSPS) is 10.7. The standard InChI is InChI=1S/C17H19ClFNO/c1-3-8-20-11-13-4-6-14(18)10-15(13)12-5-7-17(21-2)16(19)9-12/h4-7,9-10,20H,3,8,11H2,1-2H3. The van der Waals surface area contributed by atoms with Gasteiger partial charge < -0.3 is 10.1 Å². The highest BCUT2D eigenvalue weighted by Gasteiger charge is 2.09. The third-order valence-corrected chi connectivity index (χ3v) is 3.51. The monoisotopic (exact) mass is 307 g/mol. The molecule has 0 heterocycles. The zero-order chi connectivity index (χ0) is 15.2. The van der Waals surface area contributed by atoms with Crippen LogP contribution < -0.4 is 10.1 Å². The largest absolute Gasteiger partial charge is 0.494 e. The summed E-state index contributed by atoms with van der Waals surface area (Å²) < 4.78 is 18.9. The van der Waals surface area contributed by atoms with E-state index in [-0.39, 0.29) is 11.6 Å². The van der Waals surface area contributed by atoms with Crippen molar-refractivity contribution in [2.24, 2.45) is 0 Å². The lowest BCUT2D eigenvalue weighted by Gasteiger charge is -2.12. The number of hydrogen-bond acceptors (Lipinski definition) is 2. The number of methoxy groups -OCH3 is 1. The smallest absolute Gasteiger partial charge is 0.165 e. The van der Waals surface area contributed by atoms with Gasteiger partial charge in [0.2, 0.25) is 0 Å². The lowest BCUT2D eigenvalue weighted by molar-refractivity contribution is 0.386. The Morgan fingerprint density at radius 2 is 2.00 bits per heavy atom. The Hall–Kier alpha value is -1.58. The van der Waals surface area contributed by atoms with Crippen molar-refractivity contribution < 1.29 is 9.13 Å². The molecule has 0 aliphatic rings. The molecule has 21 heavy (non-hydrogen) atoms. The van der Waals surface area contributed by atoms with E-state index in [4.69, 9.17) is 16.3 Å². The molecule has 1 N–H and O–H groups in total. The molecule has 0 radical (unpaired) electrons. The first-order valence-electron chi connectivity index (χ1n) is 6.98. The van der Waals surface area contributed by atoms with Crippen LogP contribution in [0.5, 0.6) is 5.75 Å². The maximum Gasteiger partial charge on any atom is 0.165 e. The molecule has 0 amide bonds. The molecule has 0 fully saturated rings. The molecule has 112 valence electrons. The molecule has 0 unspecified atom stereocenters. The first kappa shape index (κ1) is 15.8. The summed E-state index contributed by atoms with van der Waals surface area (Å²) in [5.74, 6) is -0.131. The number of ether oxygens (including phenoxy) is 1. The van der Waals surface area contributed by atoms with Crippen LogP contribution in [0, 0.1) is 5.82 Å². The molecule has 0 aliphatic carbocycles. The van der Waals surface area contributed by atoms with Crippen molar-refractivity contribution in [3.8, 4) is 16.9 Å². The molecule has 0 saturated heterocycles. The van der Waals surface area contributed by atoms with E-state index in [2.05, 4.69) is 12.2 Å². The summed E-state index contributed by atoms with van der Waals surface area (Å²) in [7, 11) is 1.46. The summed E-state index contributed by atoms with van der Waals surface area (Å²) in [6.45, 7) is 3.79. The number of rotatable bonds is 6. The maximum atomic E-state index is 13.9. The average Bonchev–Trinajstić information content (AvgIpc) is 2.49. The summed E-state index contributed by atoms with van der Waals surface area (Å²) in [6, 6.07) is 10.7. The maximum absolute atomic E-state index is 13.9. The zero-order valence-electron chi connectivity index (χ0n) is 12.2. The van der Waals surface area contributed by atoms with Gasteiger partial charge in [-0.1, -0.05) is 30.7 Å². The van der Waals surface area contributed by atoms with Crippen LogP contribution in [0.2, 0.25) is 5.02 Å². The van der Waals surface area contributed by atoms with Crippen molar-refractivity contribution in [1.29, 1.82) is 0 Å². The summed E-state index contributed by atoms with van der Waals surface area (Å²) in [4.78, 5) is 0.